The van der Waals surface area contributed by atoms with E-state index in [-0.39, 0.29) is 0 Å². The second kappa shape index (κ2) is 3.47. The van der Waals surface area contributed by atoms with Crippen LogP contribution in [-0.4, -0.2) is 9.97 Å². The molecule has 3 nitrogen and oxygen atoms in total. The third-order valence-electron chi connectivity index (χ3n) is 3.05. The van der Waals surface area contributed by atoms with E-state index in [0.29, 0.717) is 0 Å². The molecular formula is C15H9N2O. The number of para-hydroxylation sites is 3. The number of hydrogen-bond acceptors (Lipinski definition) is 2. The van der Waals surface area contributed by atoms with Crippen LogP contribution in [0, 0.1) is 6.26 Å². The number of rotatable bonds is 1. The summed E-state index contributed by atoms with van der Waals surface area (Å²) in [6, 6.07) is 15.8. The number of aromatic amines is 1. The highest BCUT2D eigenvalue weighted by atomic mass is 16.3. The maximum absolute atomic E-state index is 5.41. The average Bonchev–Trinajstić information content (AvgIpc) is 3.02. The van der Waals surface area contributed by atoms with Crippen LogP contribution in [0.25, 0.3) is 33.4 Å². The molecule has 0 spiro atoms. The normalized spacial score (nSPS) is 11.3. The smallest absolute Gasteiger partial charge is 0.182 e. The molecule has 0 aliphatic rings. The number of hydrogen-bond donors (Lipinski definition) is 1. The third kappa shape index (κ3) is 1.27. The summed E-state index contributed by atoms with van der Waals surface area (Å²) in [5, 5.41) is 1.02. The number of furan rings is 1. The number of nitrogens with one attached hydrogen (secondary N) is 1. The van der Waals surface area contributed by atoms with E-state index in [0.717, 1.165) is 33.4 Å². The van der Waals surface area contributed by atoms with E-state index in [4.69, 9.17) is 4.42 Å². The van der Waals surface area contributed by atoms with Gasteiger partial charge in [-0.2, -0.15) is 0 Å². The van der Waals surface area contributed by atoms with Crippen LogP contribution in [0.2, 0.25) is 0 Å². The molecule has 85 valence electrons. The Kier molecular flexibility index (Phi) is 1.83. The third-order valence-corrected chi connectivity index (χ3v) is 3.05. The molecule has 4 aromatic rings. The van der Waals surface area contributed by atoms with Crippen molar-refractivity contribution in [3.05, 3.63) is 54.8 Å². The fourth-order valence-corrected chi connectivity index (χ4v) is 2.17. The van der Waals surface area contributed by atoms with Gasteiger partial charge in [0, 0.05) is 5.39 Å². The Hall–Kier alpha value is -2.55. The van der Waals surface area contributed by atoms with Gasteiger partial charge >= 0.3 is 0 Å². The van der Waals surface area contributed by atoms with Gasteiger partial charge in [0.05, 0.1) is 16.6 Å². The summed E-state index contributed by atoms with van der Waals surface area (Å²) in [5.74, 6) is 0.793. The number of benzene rings is 2. The van der Waals surface area contributed by atoms with Crippen LogP contribution < -0.4 is 0 Å². The first kappa shape index (κ1) is 9.48. The molecule has 1 radical (unpaired) electrons. The van der Waals surface area contributed by atoms with Crippen molar-refractivity contribution in [3.63, 3.8) is 0 Å². The highest BCUT2D eigenvalue weighted by Crippen LogP contribution is 2.29. The molecular weight excluding hydrogens is 224 g/mol. The summed E-state index contributed by atoms with van der Waals surface area (Å²) in [5.41, 5.74) is 3.67. The van der Waals surface area contributed by atoms with Crippen LogP contribution in [0.3, 0.4) is 0 Å². The van der Waals surface area contributed by atoms with Crippen LogP contribution in [0.1, 0.15) is 0 Å². The number of imidazole rings is 1. The second-order valence-electron chi connectivity index (χ2n) is 4.18. The molecule has 0 unspecified atom stereocenters. The maximum atomic E-state index is 5.41. The van der Waals surface area contributed by atoms with E-state index in [2.05, 4.69) is 16.2 Å². The fraction of sp³-hybridized carbons (Fsp3) is 0. The van der Waals surface area contributed by atoms with Crippen molar-refractivity contribution >= 4 is 22.0 Å². The highest BCUT2D eigenvalue weighted by molar-refractivity contribution is 5.93. The number of fused-ring (bicyclic) bond motifs is 2. The molecule has 0 amide bonds. The van der Waals surface area contributed by atoms with E-state index in [1.807, 2.05) is 48.5 Å². The first-order chi connectivity index (χ1) is 8.92. The predicted octanol–water partition coefficient (Wildman–Crippen LogP) is 3.78. The van der Waals surface area contributed by atoms with Gasteiger partial charge in [0.2, 0.25) is 0 Å². The fourth-order valence-electron chi connectivity index (χ4n) is 2.17. The van der Waals surface area contributed by atoms with Crippen molar-refractivity contribution in [2.24, 2.45) is 0 Å². The van der Waals surface area contributed by atoms with Crippen molar-refractivity contribution in [1.82, 2.24) is 9.97 Å². The van der Waals surface area contributed by atoms with E-state index in [1.165, 1.54) is 0 Å². The Morgan fingerprint density at radius 1 is 1.00 bits per heavy atom. The molecule has 2 aromatic carbocycles. The molecule has 0 atom stereocenters. The van der Waals surface area contributed by atoms with Crippen molar-refractivity contribution < 1.29 is 4.42 Å². The summed E-state index contributed by atoms with van der Waals surface area (Å²) in [6.07, 6.45) is 2.92. The van der Waals surface area contributed by atoms with Crippen molar-refractivity contribution in [2.75, 3.05) is 0 Å². The summed E-state index contributed by atoms with van der Waals surface area (Å²) < 4.78 is 5.41. The summed E-state index contributed by atoms with van der Waals surface area (Å²) >= 11 is 0. The molecule has 0 bridgehead atoms. The van der Waals surface area contributed by atoms with Crippen molar-refractivity contribution in [2.45, 2.75) is 0 Å². The SMILES string of the molecule is [c]1oc2ccccc2c1-c1nc2ccccc2[nH]1. The lowest BCUT2D eigenvalue weighted by Gasteiger charge is -1.90. The van der Waals surface area contributed by atoms with Crippen molar-refractivity contribution in [3.8, 4) is 11.4 Å². The predicted molar refractivity (Wildman–Crippen MR) is 70.1 cm³/mol. The first-order valence-corrected chi connectivity index (χ1v) is 5.76. The van der Waals surface area contributed by atoms with Crippen LogP contribution >= 0.6 is 0 Å². The number of aromatic nitrogens is 2. The highest BCUT2D eigenvalue weighted by Gasteiger charge is 2.11. The second-order valence-corrected chi connectivity index (χ2v) is 4.18. The van der Waals surface area contributed by atoms with E-state index in [9.17, 15) is 0 Å². The standard InChI is InChI=1S/C15H9N2O/c1-4-8-14-10(5-1)11(9-18-14)15-16-12-6-2-3-7-13(12)17-15/h1-8H,(H,16,17). The van der Waals surface area contributed by atoms with E-state index >= 15 is 0 Å². The number of nitrogens with zero attached hydrogens (tertiary/aromatic N) is 1. The minimum absolute atomic E-state index is 0.793. The molecule has 2 heterocycles. The van der Waals surface area contributed by atoms with Crippen LogP contribution in [0.5, 0.6) is 0 Å². The molecule has 1 N–H and O–H groups in total. The molecule has 3 heteroatoms. The van der Waals surface area contributed by atoms with Crippen LogP contribution in [0.4, 0.5) is 0 Å². The average molecular weight is 233 g/mol. The van der Waals surface area contributed by atoms with Crippen molar-refractivity contribution in [1.29, 1.82) is 0 Å². The Balaban J connectivity index is 2.01. The quantitative estimate of drug-likeness (QED) is 0.543. The molecule has 4 rings (SSSR count). The van der Waals surface area contributed by atoms with Crippen LogP contribution in [0.15, 0.2) is 52.9 Å². The minimum atomic E-state index is 0.793. The molecule has 0 fully saturated rings. The largest absolute Gasteiger partial charge is 0.452 e. The molecule has 0 saturated heterocycles. The summed E-state index contributed by atoms with van der Waals surface area (Å²) in [7, 11) is 0. The Bertz CT molecular complexity index is 809. The van der Waals surface area contributed by atoms with E-state index in [1.54, 1.807) is 0 Å². The zero-order valence-electron chi connectivity index (χ0n) is 9.47. The molecule has 18 heavy (non-hydrogen) atoms. The zero-order chi connectivity index (χ0) is 11.9. The zero-order valence-corrected chi connectivity index (χ0v) is 9.47. The molecule has 0 saturated carbocycles. The van der Waals surface area contributed by atoms with Gasteiger partial charge in [-0.3, -0.25) is 0 Å². The topological polar surface area (TPSA) is 41.8 Å². The molecule has 0 aliphatic carbocycles. The Morgan fingerprint density at radius 3 is 2.78 bits per heavy atom. The first-order valence-electron chi connectivity index (χ1n) is 5.76. The lowest BCUT2D eigenvalue weighted by molar-refractivity contribution is 0.607. The Morgan fingerprint density at radius 2 is 1.83 bits per heavy atom. The van der Waals surface area contributed by atoms with Gasteiger partial charge < -0.3 is 9.40 Å². The van der Waals surface area contributed by atoms with Gasteiger partial charge in [-0.1, -0.05) is 30.3 Å². The molecule has 0 aliphatic heterocycles. The summed E-state index contributed by atoms with van der Waals surface area (Å²) in [6.45, 7) is 0. The maximum Gasteiger partial charge on any atom is 0.182 e. The van der Waals surface area contributed by atoms with Gasteiger partial charge in [-0.15, -0.1) is 0 Å². The lowest BCUT2D eigenvalue weighted by atomic mass is 10.2. The monoisotopic (exact) mass is 233 g/mol. The molecule has 2 aromatic heterocycles. The van der Waals surface area contributed by atoms with Gasteiger partial charge in [0.1, 0.15) is 11.4 Å². The number of H-pyrrole nitrogens is 1. The van der Waals surface area contributed by atoms with Gasteiger partial charge in [0.25, 0.3) is 0 Å². The lowest BCUT2D eigenvalue weighted by Crippen LogP contribution is -1.77. The van der Waals surface area contributed by atoms with Gasteiger partial charge in [-0.25, -0.2) is 4.98 Å². The van der Waals surface area contributed by atoms with Gasteiger partial charge in [0.15, 0.2) is 6.26 Å². The Labute approximate surface area is 103 Å². The van der Waals surface area contributed by atoms with E-state index < -0.39 is 0 Å². The minimum Gasteiger partial charge on any atom is -0.452 e. The van der Waals surface area contributed by atoms with Crippen LogP contribution in [-0.2, 0) is 0 Å². The summed E-state index contributed by atoms with van der Waals surface area (Å²) in [4.78, 5) is 7.85. The van der Waals surface area contributed by atoms with Gasteiger partial charge in [-0.05, 0) is 18.2 Å².